The molecule has 94 valence electrons. The fourth-order valence-electron chi connectivity index (χ4n) is 2.62. The molecule has 1 aromatic heterocycles. The standard InChI is InChI=1S/C13H20ClN3/c1-13(2)5-3-4-10(8-13)16-12-7-9(15)6-11(14)17-12/h6-7,10H,3-5,8H2,1-2H3,(H3,15,16,17). The number of nitrogens with zero attached hydrogens (tertiary/aromatic N) is 1. The number of pyridine rings is 1. The zero-order chi connectivity index (χ0) is 12.5. The first-order valence-corrected chi connectivity index (χ1v) is 6.52. The van der Waals surface area contributed by atoms with Crippen LogP contribution in [0.5, 0.6) is 0 Å². The third kappa shape index (κ3) is 3.50. The average Bonchev–Trinajstić information content (AvgIpc) is 2.13. The summed E-state index contributed by atoms with van der Waals surface area (Å²) in [5, 5.41) is 3.89. The number of nitrogen functional groups attached to an aromatic ring is 1. The molecule has 0 radical (unpaired) electrons. The summed E-state index contributed by atoms with van der Waals surface area (Å²) < 4.78 is 0. The zero-order valence-electron chi connectivity index (χ0n) is 10.5. The molecule has 1 aromatic rings. The van der Waals surface area contributed by atoms with Gasteiger partial charge in [-0.05, 0) is 30.7 Å². The molecule has 0 amide bonds. The van der Waals surface area contributed by atoms with Gasteiger partial charge in [0.2, 0.25) is 0 Å². The van der Waals surface area contributed by atoms with Gasteiger partial charge in [-0.15, -0.1) is 0 Å². The van der Waals surface area contributed by atoms with Crippen LogP contribution in [0.25, 0.3) is 0 Å². The van der Waals surface area contributed by atoms with Crippen molar-refractivity contribution >= 4 is 23.1 Å². The molecular weight excluding hydrogens is 234 g/mol. The van der Waals surface area contributed by atoms with E-state index in [4.69, 9.17) is 17.3 Å². The van der Waals surface area contributed by atoms with Gasteiger partial charge in [0, 0.05) is 17.8 Å². The first-order valence-electron chi connectivity index (χ1n) is 6.14. The molecule has 0 aromatic carbocycles. The normalized spacial score (nSPS) is 23.4. The van der Waals surface area contributed by atoms with Gasteiger partial charge in [0.05, 0.1) is 0 Å². The molecular formula is C13H20ClN3. The van der Waals surface area contributed by atoms with Crippen molar-refractivity contribution in [2.45, 2.75) is 45.6 Å². The average molecular weight is 254 g/mol. The van der Waals surface area contributed by atoms with Crippen LogP contribution in [0.3, 0.4) is 0 Å². The van der Waals surface area contributed by atoms with Gasteiger partial charge in [-0.1, -0.05) is 31.9 Å². The van der Waals surface area contributed by atoms with Crippen LogP contribution in [0.2, 0.25) is 5.15 Å². The fourth-order valence-corrected chi connectivity index (χ4v) is 2.84. The third-order valence-electron chi connectivity index (χ3n) is 3.37. The first-order chi connectivity index (χ1) is 7.94. The minimum Gasteiger partial charge on any atom is -0.399 e. The van der Waals surface area contributed by atoms with E-state index in [2.05, 4.69) is 24.1 Å². The SMILES string of the molecule is CC1(C)CCCC(Nc2cc(N)cc(Cl)n2)C1. The number of nitrogens with two attached hydrogens (primary N) is 1. The molecule has 3 N–H and O–H groups in total. The Balaban J connectivity index is 2.05. The Labute approximate surface area is 108 Å². The predicted molar refractivity (Wildman–Crippen MR) is 73.3 cm³/mol. The highest BCUT2D eigenvalue weighted by Crippen LogP contribution is 2.36. The van der Waals surface area contributed by atoms with E-state index in [-0.39, 0.29) is 0 Å². The molecule has 0 bridgehead atoms. The fraction of sp³-hybridized carbons (Fsp3) is 0.615. The Morgan fingerprint density at radius 1 is 1.47 bits per heavy atom. The van der Waals surface area contributed by atoms with E-state index in [1.807, 2.05) is 6.07 Å². The van der Waals surface area contributed by atoms with Crippen LogP contribution in [0.1, 0.15) is 39.5 Å². The Morgan fingerprint density at radius 2 is 2.24 bits per heavy atom. The lowest BCUT2D eigenvalue weighted by molar-refractivity contribution is 0.229. The van der Waals surface area contributed by atoms with Crippen LogP contribution in [-0.4, -0.2) is 11.0 Å². The van der Waals surface area contributed by atoms with Crippen LogP contribution >= 0.6 is 11.6 Å². The Morgan fingerprint density at radius 3 is 2.88 bits per heavy atom. The summed E-state index contributed by atoms with van der Waals surface area (Å²) >= 11 is 5.89. The van der Waals surface area contributed by atoms with Gasteiger partial charge in [0.25, 0.3) is 0 Å². The highest BCUT2D eigenvalue weighted by atomic mass is 35.5. The molecule has 1 aliphatic carbocycles. The van der Waals surface area contributed by atoms with Gasteiger partial charge in [0.1, 0.15) is 11.0 Å². The minimum absolute atomic E-state index is 0.417. The summed E-state index contributed by atoms with van der Waals surface area (Å²) in [5.41, 5.74) is 6.83. The van der Waals surface area contributed by atoms with Crippen molar-refractivity contribution in [3.63, 3.8) is 0 Å². The van der Waals surface area contributed by atoms with Crippen LogP contribution in [0.4, 0.5) is 11.5 Å². The molecule has 3 nitrogen and oxygen atoms in total. The number of halogens is 1. The molecule has 17 heavy (non-hydrogen) atoms. The predicted octanol–water partition coefficient (Wildman–Crippen LogP) is 3.70. The van der Waals surface area contributed by atoms with E-state index >= 15 is 0 Å². The van der Waals surface area contributed by atoms with Gasteiger partial charge in [-0.3, -0.25) is 0 Å². The second kappa shape index (κ2) is 4.73. The third-order valence-corrected chi connectivity index (χ3v) is 3.57. The van der Waals surface area contributed by atoms with Crippen LogP contribution in [0.15, 0.2) is 12.1 Å². The monoisotopic (exact) mass is 253 g/mol. The highest BCUT2D eigenvalue weighted by Gasteiger charge is 2.27. The molecule has 2 rings (SSSR count). The van der Waals surface area contributed by atoms with Gasteiger partial charge >= 0.3 is 0 Å². The van der Waals surface area contributed by atoms with E-state index < -0.39 is 0 Å². The summed E-state index contributed by atoms with van der Waals surface area (Å²) in [7, 11) is 0. The van der Waals surface area contributed by atoms with E-state index in [0.29, 0.717) is 22.3 Å². The van der Waals surface area contributed by atoms with Crippen molar-refractivity contribution in [2.24, 2.45) is 5.41 Å². The van der Waals surface area contributed by atoms with Crippen molar-refractivity contribution < 1.29 is 0 Å². The van der Waals surface area contributed by atoms with Crippen molar-refractivity contribution in [2.75, 3.05) is 11.1 Å². The maximum atomic E-state index is 5.89. The molecule has 1 saturated carbocycles. The van der Waals surface area contributed by atoms with Crippen LogP contribution in [0, 0.1) is 5.41 Å². The van der Waals surface area contributed by atoms with E-state index in [1.54, 1.807) is 6.07 Å². The van der Waals surface area contributed by atoms with Crippen molar-refractivity contribution in [3.05, 3.63) is 17.3 Å². The first kappa shape index (κ1) is 12.5. The molecule has 1 heterocycles. The maximum Gasteiger partial charge on any atom is 0.133 e. The van der Waals surface area contributed by atoms with E-state index in [0.717, 1.165) is 5.82 Å². The Hall–Kier alpha value is -0.960. The zero-order valence-corrected chi connectivity index (χ0v) is 11.2. The second-order valence-electron chi connectivity index (χ2n) is 5.71. The second-order valence-corrected chi connectivity index (χ2v) is 6.10. The molecule has 1 fully saturated rings. The van der Waals surface area contributed by atoms with Crippen molar-refractivity contribution in [1.29, 1.82) is 0 Å². The lowest BCUT2D eigenvalue weighted by Gasteiger charge is -2.35. The highest BCUT2D eigenvalue weighted by molar-refractivity contribution is 6.29. The lowest BCUT2D eigenvalue weighted by atomic mass is 9.75. The molecule has 1 unspecified atom stereocenters. The van der Waals surface area contributed by atoms with E-state index in [9.17, 15) is 0 Å². The largest absolute Gasteiger partial charge is 0.399 e. The van der Waals surface area contributed by atoms with Crippen LogP contribution < -0.4 is 11.1 Å². The number of aromatic nitrogens is 1. The lowest BCUT2D eigenvalue weighted by Crippen LogP contribution is -2.32. The van der Waals surface area contributed by atoms with E-state index in [1.165, 1.54) is 25.7 Å². The van der Waals surface area contributed by atoms with Gasteiger partial charge in [0.15, 0.2) is 0 Å². The smallest absolute Gasteiger partial charge is 0.133 e. The molecule has 1 aliphatic rings. The van der Waals surface area contributed by atoms with Crippen molar-refractivity contribution in [1.82, 2.24) is 4.98 Å². The maximum absolute atomic E-state index is 5.89. The Bertz CT molecular complexity index is 383. The summed E-state index contributed by atoms with van der Waals surface area (Å²) in [4.78, 5) is 4.25. The van der Waals surface area contributed by atoms with Gasteiger partial charge in [-0.25, -0.2) is 4.98 Å². The molecule has 1 atom stereocenters. The number of hydrogen-bond acceptors (Lipinski definition) is 3. The summed E-state index contributed by atoms with van der Waals surface area (Å²) in [6, 6.07) is 3.98. The summed E-state index contributed by atoms with van der Waals surface area (Å²) in [6.07, 6.45) is 4.93. The quantitative estimate of drug-likeness (QED) is 0.791. The van der Waals surface area contributed by atoms with Crippen molar-refractivity contribution in [3.8, 4) is 0 Å². The summed E-state index contributed by atoms with van der Waals surface area (Å²) in [6.45, 7) is 4.64. The molecule has 0 spiro atoms. The Kier molecular flexibility index (Phi) is 3.48. The number of nitrogens with one attached hydrogen (secondary N) is 1. The van der Waals surface area contributed by atoms with Gasteiger partial charge in [-0.2, -0.15) is 0 Å². The number of anilines is 2. The number of hydrogen-bond donors (Lipinski definition) is 2. The topological polar surface area (TPSA) is 50.9 Å². The van der Waals surface area contributed by atoms with Gasteiger partial charge < -0.3 is 11.1 Å². The summed E-state index contributed by atoms with van der Waals surface area (Å²) in [5.74, 6) is 0.790. The molecule has 0 aliphatic heterocycles. The van der Waals surface area contributed by atoms with Crippen LogP contribution in [-0.2, 0) is 0 Å². The number of rotatable bonds is 2. The molecule has 0 saturated heterocycles. The minimum atomic E-state index is 0.417. The molecule has 4 heteroatoms.